The number of guanidine groups is 1. The molecule has 2 bridgehead atoms. The zero-order chi connectivity index (χ0) is 19.3. The number of hydrogen-bond donors (Lipinski definition) is 1. The van der Waals surface area contributed by atoms with E-state index in [1.54, 1.807) is 7.11 Å². The van der Waals surface area contributed by atoms with E-state index in [1.165, 1.54) is 38.4 Å². The lowest BCUT2D eigenvalue weighted by atomic mass is 10.1. The molecule has 1 unspecified atom stereocenters. The molecular weight excluding hydrogens is 479 g/mol. The van der Waals surface area contributed by atoms with Crippen LogP contribution in [-0.4, -0.2) is 106 Å². The van der Waals surface area contributed by atoms with Gasteiger partial charge in [-0.1, -0.05) is 12.1 Å². The van der Waals surface area contributed by atoms with Crippen molar-refractivity contribution in [3.05, 3.63) is 24.3 Å². The van der Waals surface area contributed by atoms with Gasteiger partial charge in [0.1, 0.15) is 5.75 Å². The lowest BCUT2D eigenvalue weighted by Crippen LogP contribution is -2.62. The predicted molar refractivity (Wildman–Crippen MR) is 130 cm³/mol. The zero-order valence-electron chi connectivity index (χ0n) is 17.7. The highest BCUT2D eigenvalue weighted by Crippen LogP contribution is 2.28. The fourth-order valence-electron chi connectivity index (χ4n) is 4.57. The molecule has 0 aliphatic carbocycles. The number of rotatable bonds is 5. The van der Waals surface area contributed by atoms with Crippen LogP contribution < -0.4 is 15.0 Å². The van der Waals surface area contributed by atoms with E-state index >= 15 is 0 Å². The third kappa shape index (κ3) is 5.27. The number of piperazine rings is 4. The van der Waals surface area contributed by atoms with E-state index in [-0.39, 0.29) is 24.0 Å². The van der Waals surface area contributed by atoms with Crippen molar-refractivity contribution in [2.75, 3.05) is 84.0 Å². The lowest BCUT2D eigenvalue weighted by molar-refractivity contribution is 0.0173. The Morgan fingerprint density at radius 3 is 2.41 bits per heavy atom. The quantitative estimate of drug-likeness (QED) is 0.365. The van der Waals surface area contributed by atoms with Crippen LogP contribution in [0.25, 0.3) is 0 Å². The maximum Gasteiger partial charge on any atom is 0.194 e. The molecule has 0 amide bonds. The van der Waals surface area contributed by atoms with Crippen molar-refractivity contribution in [1.29, 1.82) is 0 Å². The van der Waals surface area contributed by atoms with Crippen LogP contribution >= 0.6 is 24.0 Å². The van der Waals surface area contributed by atoms with E-state index in [1.807, 2.05) is 12.1 Å². The van der Waals surface area contributed by atoms with Crippen molar-refractivity contribution in [2.45, 2.75) is 13.0 Å². The standard InChI is InChI=1S/C21H34N6O.HI/c1-3-22-21(23-16-18-17-24-8-10-25(18)11-9-24)27-14-12-26(13-15-27)19-6-4-5-7-20(19)28-2;/h4-7,18H,3,8-17H2,1-2H3,(H,22,23);1H. The maximum atomic E-state index is 5.54. The molecule has 4 aliphatic rings. The number of hydrogen-bond acceptors (Lipinski definition) is 5. The van der Waals surface area contributed by atoms with Gasteiger partial charge in [0, 0.05) is 71.5 Å². The van der Waals surface area contributed by atoms with Crippen molar-refractivity contribution >= 4 is 35.6 Å². The number of fused-ring (bicyclic) bond motifs is 3. The molecule has 5 rings (SSSR count). The normalized spacial score (nSPS) is 26.8. The van der Waals surface area contributed by atoms with E-state index in [4.69, 9.17) is 9.73 Å². The summed E-state index contributed by atoms with van der Waals surface area (Å²) in [7, 11) is 1.75. The van der Waals surface area contributed by atoms with Crippen LogP contribution in [0.1, 0.15) is 6.92 Å². The van der Waals surface area contributed by atoms with Crippen LogP contribution in [0.3, 0.4) is 0 Å². The number of halogens is 1. The molecule has 1 atom stereocenters. The second-order valence-corrected chi connectivity index (χ2v) is 7.83. The van der Waals surface area contributed by atoms with E-state index in [0.717, 1.165) is 51.0 Å². The Bertz CT molecular complexity index is 671. The fraction of sp³-hybridized carbons (Fsp3) is 0.667. The molecule has 4 saturated heterocycles. The Balaban J connectivity index is 0.00000240. The van der Waals surface area contributed by atoms with Gasteiger partial charge in [-0.25, -0.2) is 0 Å². The number of aliphatic imine (C=N–C) groups is 1. The first-order valence-electron chi connectivity index (χ1n) is 10.7. The molecule has 0 radical (unpaired) electrons. The summed E-state index contributed by atoms with van der Waals surface area (Å²) >= 11 is 0. The van der Waals surface area contributed by atoms with Gasteiger partial charge in [-0.05, 0) is 19.1 Å². The van der Waals surface area contributed by atoms with Crippen LogP contribution in [0.2, 0.25) is 0 Å². The summed E-state index contributed by atoms with van der Waals surface area (Å²) in [6.45, 7) is 13.9. The Labute approximate surface area is 192 Å². The molecule has 4 aliphatic heterocycles. The highest BCUT2D eigenvalue weighted by molar-refractivity contribution is 14.0. The minimum atomic E-state index is 0. The summed E-state index contributed by atoms with van der Waals surface area (Å²) in [4.78, 5) is 15.1. The maximum absolute atomic E-state index is 5.54. The van der Waals surface area contributed by atoms with Crippen molar-refractivity contribution < 1.29 is 4.74 Å². The summed E-state index contributed by atoms with van der Waals surface area (Å²) in [6.07, 6.45) is 0. The van der Waals surface area contributed by atoms with E-state index in [0.29, 0.717) is 6.04 Å². The molecule has 8 heteroatoms. The van der Waals surface area contributed by atoms with Gasteiger partial charge in [0.2, 0.25) is 0 Å². The van der Waals surface area contributed by atoms with E-state index in [9.17, 15) is 0 Å². The summed E-state index contributed by atoms with van der Waals surface area (Å²) in [5, 5.41) is 3.51. The molecule has 1 N–H and O–H groups in total. The molecular formula is C21H35IN6O. The lowest BCUT2D eigenvalue weighted by Gasteiger charge is -2.47. The van der Waals surface area contributed by atoms with Crippen molar-refractivity contribution in [1.82, 2.24) is 20.0 Å². The summed E-state index contributed by atoms with van der Waals surface area (Å²) in [5.74, 6) is 2.02. The molecule has 7 nitrogen and oxygen atoms in total. The second kappa shape index (κ2) is 10.7. The molecule has 0 aromatic heterocycles. The van der Waals surface area contributed by atoms with Gasteiger partial charge in [0.25, 0.3) is 0 Å². The van der Waals surface area contributed by atoms with Crippen LogP contribution in [0.5, 0.6) is 5.75 Å². The molecule has 4 fully saturated rings. The molecule has 0 spiro atoms. The zero-order valence-corrected chi connectivity index (χ0v) is 20.0. The minimum absolute atomic E-state index is 0. The van der Waals surface area contributed by atoms with Gasteiger partial charge in [0.15, 0.2) is 5.96 Å². The van der Waals surface area contributed by atoms with E-state index in [2.05, 4.69) is 44.0 Å². The summed E-state index contributed by atoms with van der Waals surface area (Å²) in [5.41, 5.74) is 1.19. The molecule has 29 heavy (non-hydrogen) atoms. The second-order valence-electron chi connectivity index (χ2n) is 7.83. The number of para-hydroxylation sites is 2. The van der Waals surface area contributed by atoms with Crippen LogP contribution in [-0.2, 0) is 0 Å². The average Bonchev–Trinajstić information content (AvgIpc) is 2.77. The SMILES string of the molecule is CCNC(=NCC1CN2CCN1CC2)N1CCN(c2ccccc2OC)CC1.I. The van der Waals surface area contributed by atoms with Gasteiger partial charge < -0.3 is 19.9 Å². The van der Waals surface area contributed by atoms with Crippen molar-refractivity contribution in [3.8, 4) is 5.75 Å². The van der Waals surface area contributed by atoms with Crippen LogP contribution in [0.4, 0.5) is 5.69 Å². The Morgan fingerprint density at radius 2 is 1.79 bits per heavy atom. The van der Waals surface area contributed by atoms with Crippen molar-refractivity contribution in [3.63, 3.8) is 0 Å². The van der Waals surface area contributed by atoms with Gasteiger partial charge in [0.05, 0.1) is 19.3 Å². The van der Waals surface area contributed by atoms with Crippen LogP contribution in [0, 0.1) is 0 Å². The number of ether oxygens (including phenoxy) is 1. The predicted octanol–water partition coefficient (Wildman–Crippen LogP) is 1.40. The first kappa shape index (κ1) is 22.4. The highest BCUT2D eigenvalue weighted by atomic mass is 127. The molecule has 0 saturated carbocycles. The third-order valence-corrected chi connectivity index (χ3v) is 6.18. The Hall–Kier alpha value is -1.26. The number of anilines is 1. The van der Waals surface area contributed by atoms with E-state index < -0.39 is 0 Å². The number of benzene rings is 1. The number of nitrogens with one attached hydrogen (secondary N) is 1. The highest BCUT2D eigenvalue weighted by Gasteiger charge is 2.31. The average molecular weight is 514 g/mol. The third-order valence-electron chi connectivity index (χ3n) is 6.18. The van der Waals surface area contributed by atoms with Crippen LogP contribution in [0.15, 0.2) is 29.3 Å². The first-order valence-corrected chi connectivity index (χ1v) is 10.7. The van der Waals surface area contributed by atoms with Crippen molar-refractivity contribution in [2.24, 2.45) is 4.99 Å². The summed E-state index contributed by atoms with van der Waals surface area (Å²) < 4.78 is 5.54. The van der Waals surface area contributed by atoms with Gasteiger partial charge in [-0.15, -0.1) is 24.0 Å². The molecule has 162 valence electrons. The summed E-state index contributed by atoms with van der Waals surface area (Å²) in [6, 6.07) is 8.87. The van der Waals surface area contributed by atoms with Gasteiger partial charge >= 0.3 is 0 Å². The van der Waals surface area contributed by atoms with Gasteiger partial charge in [-0.3, -0.25) is 14.8 Å². The monoisotopic (exact) mass is 514 g/mol. The first-order chi connectivity index (χ1) is 13.8. The molecule has 1 aromatic carbocycles. The number of methoxy groups -OCH3 is 1. The Morgan fingerprint density at radius 1 is 1.07 bits per heavy atom. The topological polar surface area (TPSA) is 46.6 Å². The molecule has 4 heterocycles. The Kier molecular flexibility index (Phi) is 8.25. The largest absolute Gasteiger partial charge is 0.495 e. The number of nitrogens with zero attached hydrogens (tertiary/aromatic N) is 5. The van der Waals surface area contributed by atoms with Gasteiger partial charge in [-0.2, -0.15) is 0 Å². The fourth-order valence-corrected chi connectivity index (χ4v) is 4.57. The molecule has 1 aromatic rings. The minimum Gasteiger partial charge on any atom is -0.495 e. The smallest absolute Gasteiger partial charge is 0.194 e.